The number of hydrogen-bond acceptors (Lipinski definition) is 2. The standard InChI is InChI=1S/C14H19ClO2/c1-9(2)14-12(15)7-11(8-13(14)17-4)10(3)5-6-16/h6-10H,5H2,1-4H3. The van der Waals surface area contributed by atoms with Crippen LogP contribution < -0.4 is 4.74 Å². The molecule has 1 unspecified atom stereocenters. The van der Waals surface area contributed by atoms with E-state index in [0.717, 1.165) is 23.2 Å². The van der Waals surface area contributed by atoms with Crippen molar-refractivity contribution >= 4 is 17.9 Å². The molecule has 0 saturated heterocycles. The van der Waals surface area contributed by atoms with Gasteiger partial charge < -0.3 is 9.53 Å². The van der Waals surface area contributed by atoms with Gasteiger partial charge in [0.15, 0.2) is 0 Å². The van der Waals surface area contributed by atoms with E-state index in [9.17, 15) is 4.79 Å². The SMILES string of the molecule is COc1cc(C(C)CC=O)cc(Cl)c1C(C)C. The first-order chi connectivity index (χ1) is 8.01. The first-order valence-corrected chi connectivity index (χ1v) is 6.20. The Kier molecular flexibility index (Phi) is 5.01. The van der Waals surface area contributed by atoms with Gasteiger partial charge in [-0.25, -0.2) is 0 Å². The smallest absolute Gasteiger partial charge is 0.124 e. The maximum absolute atomic E-state index is 10.5. The van der Waals surface area contributed by atoms with Gasteiger partial charge in [0.25, 0.3) is 0 Å². The lowest BCUT2D eigenvalue weighted by molar-refractivity contribution is -0.108. The Labute approximate surface area is 108 Å². The molecule has 1 atom stereocenters. The van der Waals surface area contributed by atoms with Crippen LogP contribution in [-0.2, 0) is 4.79 Å². The number of carbonyl (C=O) groups is 1. The van der Waals surface area contributed by atoms with Gasteiger partial charge in [0.1, 0.15) is 12.0 Å². The Balaban J connectivity index is 3.21. The largest absolute Gasteiger partial charge is 0.496 e. The van der Waals surface area contributed by atoms with Crippen molar-refractivity contribution in [2.24, 2.45) is 0 Å². The molecule has 3 heteroatoms. The summed E-state index contributed by atoms with van der Waals surface area (Å²) in [5.74, 6) is 1.29. The van der Waals surface area contributed by atoms with E-state index < -0.39 is 0 Å². The number of benzene rings is 1. The van der Waals surface area contributed by atoms with Gasteiger partial charge in [-0.05, 0) is 29.5 Å². The van der Waals surface area contributed by atoms with Crippen molar-refractivity contribution in [1.82, 2.24) is 0 Å². The second kappa shape index (κ2) is 6.06. The van der Waals surface area contributed by atoms with Crippen LogP contribution >= 0.6 is 11.6 Å². The van der Waals surface area contributed by atoms with E-state index in [2.05, 4.69) is 13.8 Å². The number of hydrogen-bond donors (Lipinski definition) is 0. The van der Waals surface area contributed by atoms with Crippen LogP contribution in [0.25, 0.3) is 0 Å². The van der Waals surface area contributed by atoms with E-state index in [1.807, 2.05) is 19.1 Å². The molecule has 0 aliphatic heterocycles. The molecular formula is C14H19ClO2. The molecule has 1 rings (SSSR count). The number of ether oxygens (including phenoxy) is 1. The lowest BCUT2D eigenvalue weighted by atomic mass is 9.93. The van der Waals surface area contributed by atoms with Gasteiger partial charge in [0.05, 0.1) is 7.11 Å². The fourth-order valence-electron chi connectivity index (χ4n) is 1.91. The summed E-state index contributed by atoms with van der Waals surface area (Å²) in [6.07, 6.45) is 1.43. The van der Waals surface area contributed by atoms with Gasteiger partial charge in [0.2, 0.25) is 0 Å². The molecule has 0 heterocycles. The van der Waals surface area contributed by atoms with Gasteiger partial charge in [-0.3, -0.25) is 0 Å². The summed E-state index contributed by atoms with van der Waals surface area (Å²) in [6, 6.07) is 3.92. The molecule has 1 aromatic carbocycles. The molecule has 2 nitrogen and oxygen atoms in total. The second-order valence-electron chi connectivity index (χ2n) is 4.58. The predicted octanol–water partition coefficient (Wildman–Crippen LogP) is 4.16. The van der Waals surface area contributed by atoms with Gasteiger partial charge in [-0.2, -0.15) is 0 Å². The minimum absolute atomic E-state index is 0.167. The molecular weight excluding hydrogens is 236 g/mol. The Morgan fingerprint density at radius 2 is 2.00 bits per heavy atom. The second-order valence-corrected chi connectivity index (χ2v) is 4.98. The summed E-state index contributed by atoms with van der Waals surface area (Å²) < 4.78 is 5.38. The third-order valence-corrected chi connectivity index (χ3v) is 3.24. The molecule has 94 valence electrons. The van der Waals surface area contributed by atoms with Crippen molar-refractivity contribution in [1.29, 1.82) is 0 Å². The lowest BCUT2D eigenvalue weighted by Gasteiger charge is -2.17. The van der Waals surface area contributed by atoms with E-state index in [-0.39, 0.29) is 5.92 Å². The summed E-state index contributed by atoms with van der Waals surface area (Å²) in [5.41, 5.74) is 2.07. The average Bonchev–Trinajstić information content (AvgIpc) is 2.27. The van der Waals surface area contributed by atoms with E-state index in [4.69, 9.17) is 16.3 Å². The third kappa shape index (κ3) is 3.22. The Morgan fingerprint density at radius 1 is 1.35 bits per heavy atom. The normalized spacial score (nSPS) is 12.6. The van der Waals surface area contributed by atoms with E-state index in [1.54, 1.807) is 7.11 Å². The molecule has 0 saturated carbocycles. The highest BCUT2D eigenvalue weighted by Crippen LogP contribution is 2.36. The van der Waals surface area contributed by atoms with Crippen molar-refractivity contribution in [3.63, 3.8) is 0 Å². The lowest BCUT2D eigenvalue weighted by Crippen LogP contribution is -2.00. The van der Waals surface area contributed by atoms with E-state index in [0.29, 0.717) is 17.4 Å². The maximum atomic E-state index is 10.5. The monoisotopic (exact) mass is 254 g/mol. The molecule has 0 aliphatic rings. The Bertz CT molecular complexity index is 399. The number of aldehydes is 1. The van der Waals surface area contributed by atoms with Gasteiger partial charge in [-0.1, -0.05) is 32.4 Å². The Morgan fingerprint density at radius 3 is 2.47 bits per heavy atom. The molecule has 0 aliphatic carbocycles. The first kappa shape index (κ1) is 14.0. The molecule has 0 fully saturated rings. The van der Waals surface area contributed by atoms with Gasteiger partial charge in [0, 0.05) is 17.0 Å². The zero-order valence-corrected chi connectivity index (χ0v) is 11.5. The Hall–Kier alpha value is -1.02. The van der Waals surface area contributed by atoms with Crippen molar-refractivity contribution in [3.05, 3.63) is 28.3 Å². The summed E-state index contributed by atoms with van der Waals surface area (Å²) in [5, 5.41) is 0.715. The topological polar surface area (TPSA) is 26.3 Å². The highest BCUT2D eigenvalue weighted by Gasteiger charge is 2.16. The zero-order chi connectivity index (χ0) is 13.0. The van der Waals surface area contributed by atoms with E-state index >= 15 is 0 Å². The van der Waals surface area contributed by atoms with Crippen molar-refractivity contribution in [3.8, 4) is 5.75 Å². The molecule has 1 aromatic rings. The summed E-state index contributed by atoms with van der Waals surface area (Å²) in [4.78, 5) is 10.5. The fourth-order valence-corrected chi connectivity index (χ4v) is 2.34. The van der Waals surface area contributed by atoms with Crippen molar-refractivity contribution < 1.29 is 9.53 Å². The van der Waals surface area contributed by atoms with Crippen LogP contribution in [-0.4, -0.2) is 13.4 Å². The zero-order valence-electron chi connectivity index (χ0n) is 10.8. The molecule has 0 aromatic heterocycles. The highest BCUT2D eigenvalue weighted by atomic mass is 35.5. The molecule has 17 heavy (non-hydrogen) atoms. The average molecular weight is 255 g/mol. The van der Waals surface area contributed by atoms with Gasteiger partial charge in [-0.15, -0.1) is 0 Å². The molecule has 0 bridgehead atoms. The van der Waals surface area contributed by atoms with Crippen LogP contribution in [0.5, 0.6) is 5.75 Å². The molecule has 0 amide bonds. The minimum Gasteiger partial charge on any atom is -0.496 e. The van der Waals surface area contributed by atoms with Crippen LogP contribution in [0.15, 0.2) is 12.1 Å². The van der Waals surface area contributed by atoms with Crippen LogP contribution in [0.4, 0.5) is 0 Å². The molecule has 0 N–H and O–H groups in total. The minimum atomic E-state index is 0.167. The fraction of sp³-hybridized carbons (Fsp3) is 0.500. The van der Waals surface area contributed by atoms with Crippen molar-refractivity contribution in [2.75, 3.05) is 7.11 Å². The quantitative estimate of drug-likeness (QED) is 0.738. The predicted molar refractivity (Wildman–Crippen MR) is 71.2 cm³/mol. The summed E-state index contributed by atoms with van der Waals surface area (Å²) in [6.45, 7) is 6.17. The van der Waals surface area contributed by atoms with Crippen LogP contribution in [0, 0.1) is 0 Å². The highest BCUT2D eigenvalue weighted by molar-refractivity contribution is 6.31. The summed E-state index contributed by atoms with van der Waals surface area (Å²) >= 11 is 6.28. The van der Waals surface area contributed by atoms with E-state index in [1.165, 1.54) is 0 Å². The number of methoxy groups -OCH3 is 1. The third-order valence-electron chi connectivity index (χ3n) is 2.93. The number of halogens is 1. The van der Waals surface area contributed by atoms with Crippen LogP contribution in [0.1, 0.15) is 50.2 Å². The van der Waals surface area contributed by atoms with Crippen LogP contribution in [0.3, 0.4) is 0 Å². The maximum Gasteiger partial charge on any atom is 0.124 e. The molecule has 0 radical (unpaired) electrons. The van der Waals surface area contributed by atoms with Gasteiger partial charge >= 0.3 is 0 Å². The molecule has 0 spiro atoms. The number of carbonyl (C=O) groups excluding carboxylic acids is 1. The number of rotatable bonds is 5. The summed E-state index contributed by atoms with van der Waals surface area (Å²) in [7, 11) is 1.64. The van der Waals surface area contributed by atoms with Crippen molar-refractivity contribution in [2.45, 2.75) is 39.0 Å². The van der Waals surface area contributed by atoms with Crippen LogP contribution in [0.2, 0.25) is 5.02 Å². The first-order valence-electron chi connectivity index (χ1n) is 5.82.